The summed E-state index contributed by atoms with van der Waals surface area (Å²) in [6.45, 7) is 3.90. The van der Waals surface area contributed by atoms with Crippen molar-refractivity contribution in [2.75, 3.05) is 31.3 Å². The fraction of sp³-hybridized carbons (Fsp3) is 0.353. The van der Waals surface area contributed by atoms with Gasteiger partial charge >= 0.3 is 0 Å². The van der Waals surface area contributed by atoms with Gasteiger partial charge in [-0.25, -0.2) is 0 Å². The fourth-order valence-corrected chi connectivity index (χ4v) is 3.27. The van der Waals surface area contributed by atoms with Crippen LogP contribution in [0.4, 0.5) is 5.69 Å². The molecule has 0 bridgehead atoms. The van der Waals surface area contributed by atoms with Crippen LogP contribution in [0.2, 0.25) is 0 Å². The number of imide groups is 1. The van der Waals surface area contributed by atoms with E-state index in [2.05, 4.69) is 5.32 Å². The molecule has 0 saturated heterocycles. The first-order chi connectivity index (χ1) is 11.5. The zero-order valence-corrected chi connectivity index (χ0v) is 14.7. The number of thioether (sulfide) groups is 1. The smallest absolute Gasteiger partial charge is 0.268 e. The highest BCUT2D eigenvalue weighted by molar-refractivity contribution is 8.04. The second-order valence-electron chi connectivity index (χ2n) is 5.15. The largest absolute Gasteiger partial charge is 0.383 e. The highest BCUT2D eigenvalue weighted by Gasteiger charge is 2.38. The van der Waals surface area contributed by atoms with Gasteiger partial charge in [0.1, 0.15) is 0 Å². The standard InChI is InChI=1S/C17H20N2O4S/c1-4-24-15-14(16(21)19(17(15)22)9-10-23-3)12-5-7-13(8-6-12)18-11(2)20/h5-8H,4,9-10H2,1-3H3,(H,18,20). The third-order valence-corrected chi connectivity index (χ3v) is 4.38. The van der Waals surface area contributed by atoms with E-state index in [9.17, 15) is 14.4 Å². The van der Waals surface area contributed by atoms with Crippen molar-refractivity contribution in [3.05, 3.63) is 34.7 Å². The maximum atomic E-state index is 12.7. The highest BCUT2D eigenvalue weighted by atomic mass is 32.2. The van der Waals surface area contributed by atoms with Crippen LogP contribution in [0.15, 0.2) is 29.2 Å². The number of amides is 3. The molecule has 0 unspecified atom stereocenters. The predicted octanol–water partition coefficient (Wildman–Crippen LogP) is 2.12. The minimum atomic E-state index is -0.305. The molecule has 1 heterocycles. The number of benzene rings is 1. The highest BCUT2D eigenvalue weighted by Crippen LogP contribution is 2.36. The minimum absolute atomic E-state index is 0.165. The van der Waals surface area contributed by atoms with E-state index in [1.54, 1.807) is 24.3 Å². The number of methoxy groups -OCH3 is 1. The van der Waals surface area contributed by atoms with Gasteiger partial charge in [-0.2, -0.15) is 0 Å². The lowest BCUT2D eigenvalue weighted by Crippen LogP contribution is -2.34. The minimum Gasteiger partial charge on any atom is -0.383 e. The summed E-state index contributed by atoms with van der Waals surface area (Å²) < 4.78 is 4.98. The first kappa shape index (κ1) is 18.2. The van der Waals surface area contributed by atoms with Crippen LogP contribution in [0.5, 0.6) is 0 Å². The Labute approximate surface area is 145 Å². The third kappa shape index (κ3) is 3.85. The lowest BCUT2D eigenvalue weighted by atomic mass is 10.1. The summed E-state index contributed by atoms with van der Waals surface area (Å²) in [4.78, 5) is 38.0. The molecule has 24 heavy (non-hydrogen) atoms. The van der Waals surface area contributed by atoms with Crippen molar-refractivity contribution in [2.45, 2.75) is 13.8 Å². The molecule has 0 fully saturated rings. The predicted molar refractivity (Wildman–Crippen MR) is 94.4 cm³/mol. The van der Waals surface area contributed by atoms with Crippen molar-refractivity contribution in [3.8, 4) is 0 Å². The molecule has 1 aliphatic heterocycles. The molecule has 2 rings (SSSR count). The van der Waals surface area contributed by atoms with Gasteiger partial charge in [0.25, 0.3) is 11.8 Å². The Morgan fingerprint density at radius 3 is 2.42 bits per heavy atom. The summed E-state index contributed by atoms with van der Waals surface area (Å²) in [6, 6.07) is 6.91. The Balaban J connectivity index is 2.34. The quantitative estimate of drug-likeness (QED) is 0.764. The Hall–Kier alpha value is -2.12. The van der Waals surface area contributed by atoms with Gasteiger partial charge in [-0.1, -0.05) is 19.1 Å². The molecule has 0 aromatic heterocycles. The Bertz CT molecular complexity index is 682. The molecule has 128 valence electrons. The third-order valence-electron chi connectivity index (χ3n) is 3.43. The first-order valence-electron chi connectivity index (χ1n) is 7.59. The van der Waals surface area contributed by atoms with Crippen LogP contribution in [0.3, 0.4) is 0 Å². The van der Waals surface area contributed by atoms with Crippen molar-refractivity contribution >= 4 is 40.7 Å². The van der Waals surface area contributed by atoms with Gasteiger partial charge in [-0.05, 0) is 23.4 Å². The molecule has 0 aliphatic carbocycles. The Morgan fingerprint density at radius 1 is 1.21 bits per heavy atom. The van der Waals surface area contributed by atoms with Gasteiger partial charge in [0.05, 0.1) is 23.6 Å². The topological polar surface area (TPSA) is 75.7 Å². The van der Waals surface area contributed by atoms with E-state index in [1.165, 1.54) is 30.7 Å². The van der Waals surface area contributed by atoms with Crippen molar-refractivity contribution in [2.24, 2.45) is 0 Å². The van der Waals surface area contributed by atoms with Gasteiger partial charge in [-0.3, -0.25) is 19.3 Å². The Morgan fingerprint density at radius 2 is 1.88 bits per heavy atom. The summed E-state index contributed by atoms with van der Waals surface area (Å²) in [7, 11) is 1.53. The van der Waals surface area contributed by atoms with Crippen LogP contribution in [0.1, 0.15) is 19.4 Å². The van der Waals surface area contributed by atoms with Crippen molar-refractivity contribution in [1.29, 1.82) is 0 Å². The number of hydrogen-bond acceptors (Lipinski definition) is 5. The molecule has 0 spiro atoms. The number of rotatable bonds is 7. The number of hydrogen-bond donors (Lipinski definition) is 1. The lowest BCUT2D eigenvalue weighted by molar-refractivity contribution is -0.137. The summed E-state index contributed by atoms with van der Waals surface area (Å²) in [5.41, 5.74) is 1.72. The van der Waals surface area contributed by atoms with E-state index in [0.717, 1.165) is 0 Å². The molecular formula is C17H20N2O4S. The number of carbonyl (C=O) groups excluding carboxylic acids is 3. The van der Waals surface area contributed by atoms with Gasteiger partial charge in [0.2, 0.25) is 5.91 Å². The number of anilines is 1. The van der Waals surface area contributed by atoms with Gasteiger partial charge in [0, 0.05) is 19.7 Å². The van der Waals surface area contributed by atoms with E-state index in [0.29, 0.717) is 34.1 Å². The lowest BCUT2D eigenvalue weighted by Gasteiger charge is -2.14. The monoisotopic (exact) mass is 348 g/mol. The maximum absolute atomic E-state index is 12.7. The molecule has 3 amide bonds. The van der Waals surface area contributed by atoms with Gasteiger partial charge in [0.15, 0.2) is 0 Å². The average Bonchev–Trinajstić information content (AvgIpc) is 2.77. The van der Waals surface area contributed by atoms with E-state index in [1.807, 2.05) is 6.92 Å². The normalized spacial score (nSPS) is 14.5. The van der Waals surface area contributed by atoms with Crippen molar-refractivity contribution in [3.63, 3.8) is 0 Å². The van der Waals surface area contributed by atoms with Gasteiger partial charge in [-0.15, -0.1) is 11.8 Å². The zero-order valence-electron chi connectivity index (χ0n) is 13.9. The molecule has 0 saturated carbocycles. The molecule has 0 radical (unpaired) electrons. The average molecular weight is 348 g/mol. The second-order valence-corrected chi connectivity index (χ2v) is 6.42. The number of nitrogens with zero attached hydrogens (tertiary/aromatic N) is 1. The van der Waals surface area contributed by atoms with Crippen molar-refractivity contribution < 1.29 is 19.1 Å². The second kappa shape index (κ2) is 8.12. The summed E-state index contributed by atoms with van der Waals surface area (Å²) in [5, 5.41) is 2.68. The SMILES string of the molecule is CCSC1=C(c2ccc(NC(C)=O)cc2)C(=O)N(CCOC)C1=O. The van der Waals surface area contributed by atoms with Gasteiger partial charge < -0.3 is 10.1 Å². The number of nitrogens with one attached hydrogen (secondary N) is 1. The molecule has 0 atom stereocenters. The zero-order chi connectivity index (χ0) is 17.7. The molecule has 7 heteroatoms. The van der Waals surface area contributed by atoms with Crippen LogP contribution in [-0.4, -0.2) is 48.6 Å². The maximum Gasteiger partial charge on any atom is 0.268 e. The van der Waals surface area contributed by atoms with Crippen molar-refractivity contribution in [1.82, 2.24) is 4.90 Å². The first-order valence-corrected chi connectivity index (χ1v) is 8.58. The summed E-state index contributed by atoms with van der Waals surface area (Å²) in [5.74, 6) is -0.0490. The van der Waals surface area contributed by atoms with E-state index in [-0.39, 0.29) is 24.3 Å². The number of ether oxygens (including phenoxy) is 1. The fourth-order valence-electron chi connectivity index (χ4n) is 2.40. The molecule has 6 nitrogen and oxygen atoms in total. The summed E-state index contributed by atoms with van der Waals surface area (Å²) >= 11 is 1.36. The van der Waals surface area contributed by atoms with Crippen LogP contribution in [0, 0.1) is 0 Å². The molecule has 1 aromatic rings. The van der Waals surface area contributed by atoms with E-state index in [4.69, 9.17) is 4.74 Å². The Kier molecular flexibility index (Phi) is 6.16. The number of carbonyl (C=O) groups is 3. The summed E-state index contributed by atoms with van der Waals surface area (Å²) in [6.07, 6.45) is 0. The van der Waals surface area contributed by atoms with Crippen LogP contribution in [0.25, 0.3) is 5.57 Å². The van der Waals surface area contributed by atoms with Crippen LogP contribution in [-0.2, 0) is 19.1 Å². The molecule has 1 N–H and O–H groups in total. The molecule has 1 aromatic carbocycles. The molecular weight excluding hydrogens is 328 g/mol. The van der Waals surface area contributed by atoms with Crippen LogP contribution >= 0.6 is 11.8 Å². The molecule has 1 aliphatic rings. The van der Waals surface area contributed by atoms with E-state index < -0.39 is 0 Å². The van der Waals surface area contributed by atoms with E-state index >= 15 is 0 Å². The van der Waals surface area contributed by atoms with Crippen LogP contribution < -0.4 is 5.32 Å².